The summed E-state index contributed by atoms with van der Waals surface area (Å²) in [4.78, 5) is 0. The van der Waals surface area contributed by atoms with Crippen molar-refractivity contribution in [1.29, 1.82) is 0 Å². The van der Waals surface area contributed by atoms with Crippen LogP contribution in [0.5, 0.6) is 5.75 Å². The van der Waals surface area contributed by atoms with Gasteiger partial charge in [0, 0.05) is 11.8 Å². The maximum atomic E-state index is 11.9. The van der Waals surface area contributed by atoms with E-state index in [-0.39, 0.29) is 6.67 Å². The lowest BCUT2D eigenvalue weighted by Crippen LogP contribution is -1.99. The molecule has 0 radical (unpaired) electrons. The fourth-order valence-corrected chi connectivity index (χ4v) is 2.89. The SMILES string of the molecule is FCCCOc1c(Br)cc(CBr)cc1Br. The molecule has 0 heterocycles. The van der Waals surface area contributed by atoms with Crippen LogP contribution in [0.3, 0.4) is 0 Å². The molecule has 0 aliphatic heterocycles. The van der Waals surface area contributed by atoms with Crippen LogP contribution in [0.4, 0.5) is 4.39 Å². The predicted molar refractivity (Wildman–Crippen MR) is 70.6 cm³/mol. The fraction of sp³-hybridized carbons (Fsp3) is 0.400. The quantitative estimate of drug-likeness (QED) is 0.503. The van der Waals surface area contributed by atoms with Crippen LogP contribution in [-0.2, 0) is 5.33 Å². The molecule has 0 bridgehead atoms. The van der Waals surface area contributed by atoms with Crippen LogP contribution in [0, 0.1) is 0 Å². The Balaban J connectivity index is 2.79. The molecule has 5 heteroatoms. The van der Waals surface area contributed by atoms with Crippen molar-refractivity contribution < 1.29 is 9.13 Å². The van der Waals surface area contributed by atoms with Crippen LogP contribution in [0.15, 0.2) is 21.1 Å². The van der Waals surface area contributed by atoms with Gasteiger partial charge in [0.15, 0.2) is 0 Å². The first kappa shape index (κ1) is 13.5. The van der Waals surface area contributed by atoms with Crippen molar-refractivity contribution in [2.24, 2.45) is 0 Å². The molecule has 0 saturated heterocycles. The first-order valence-electron chi connectivity index (χ1n) is 4.41. The maximum Gasteiger partial charge on any atom is 0.147 e. The van der Waals surface area contributed by atoms with Crippen LogP contribution >= 0.6 is 47.8 Å². The molecular weight excluding hydrogens is 395 g/mol. The van der Waals surface area contributed by atoms with Gasteiger partial charge in [0.05, 0.1) is 22.2 Å². The van der Waals surface area contributed by atoms with E-state index in [0.29, 0.717) is 13.0 Å². The molecule has 0 aliphatic rings. The summed E-state index contributed by atoms with van der Waals surface area (Å²) in [5.41, 5.74) is 1.14. The number of hydrogen-bond acceptors (Lipinski definition) is 1. The Hall–Kier alpha value is 0.390. The molecule has 84 valence electrons. The molecule has 1 nitrogen and oxygen atoms in total. The van der Waals surface area contributed by atoms with E-state index in [1.54, 1.807) is 0 Å². The Morgan fingerprint density at radius 2 is 1.80 bits per heavy atom. The van der Waals surface area contributed by atoms with Gasteiger partial charge in [-0.3, -0.25) is 4.39 Å². The Labute approximate surface area is 114 Å². The Morgan fingerprint density at radius 3 is 2.27 bits per heavy atom. The minimum atomic E-state index is -0.352. The molecule has 0 amide bonds. The third kappa shape index (κ3) is 4.04. The molecule has 0 N–H and O–H groups in total. The molecule has 0 atom stereocenters. The van der Waals surface area contributed by atoms with Crippen LogP contribution < -0.4 is 4.74 Å². The lowest BCUT2D eigenvalue weighted by Gasteiger charge is -2.10. The molecule has 1 rings (SSSR count). The topological polar surface area (TPSA) is 9.23 Å². The third-order valence-corrected chi connectivity index (χ3v) is 3.56. The number of benzene rings is 1. The van der Waals surface area contributed by atoms with Crippen molar-refractivity contribution in [3.8, 4) is 5.75 Å². The van der Waals surface area contributed by atoms with E-state index in [1.165, 1.54) is 0 Å². The fourth-order valence-electron chi connectivity index (χ4n) is 1.06. The van der Waals surface area contributed by atoms with Gasteiger partial charge in [0.25, 0.3) is 0 Å². The van der Waals surface area contributed by atoms with Gasteiger partial charge < -0.3 is 4.74 Å². The van der Waals surface area contributed by atoms with Gasteiger partial charge in [-0.2, -0.15) is 0 Å². The van der Waals surface area contributed by atoms with E-state index in [9.17, 15) is 4.39 Å². The molecular formula is C10H10Br3FO. The van der Waals surface area contributed by atoms with Crippen LogP contribution in [0.1, 0.15) is 12.0 Å². The normalized spacial score (nSPS) is 10.4. The zero-order valence-corrected chi connectivity index (χ0v) is 12.7. The standard InChI is InChI=1S/C10H10Br3FO/c11-6-7-4-8(12)10(9(13)5-7)15-3-1-2-14/h4-5H,1-3,6H2. The Morgan fingerprint density at radius 1 is 1.20 bits per heavy atom. The minimum absolute atomic E-state index is 0.352. The van der Waals surface area contributed by atoms with Crippen LogP contribution in [0.25, 0.3) is 0 Å². The highest BCUT2D eigenvalue weighted by atomic mass is 79.9. The maximum absolute atomic E-state index is 11.9. The summed E-state index contributed by atoms with van der Waals surface area (Å²) in [5, 5.41) is 0.787. The number of hydrogen-bond donors (Lipinski definition) is 0. The van der Waals surface area contributed by atoms with Gasteiger partial charge in [0.2, 0.25) is 0 Å². The second-order valence-electron chi connectivity index (χ2n) is 2.91. The third-order valence-electron chi connectivity index (χ3n) is 1.74. The molecule has 1 aromatic rings. The zero-order valence-electron chi connectivity index (χ0n) is 7.90. The van der Waals surface area contributed by atoms with Crippen molar-refractivity contribution in [3.63, 3.8) is 0 Å². The lowest BCUT2D eigenvalue weighted by atomic mass is 10.2. The van der Waals surface area contributed by atoms with Crippen molar-refractivity contribution in [2.45, 2.75) is 11.8 Å². The molecule has 0 saturated carbocycles. The van der Waals surface area contributed by atoms with Crippen molar-refractivity contribution in [2.75, 3.05) is 13.3 Å². The van der Waals surface area contributed by atoms with Gasteiger partial charge in [-0.15, -0.1) is 0 Å². The summed E-state index contributed by atoms with van der Waals surface area (Å²) in [7, 11) is 0. The second-order valence-corrected chi connectivity index (χ2v) is 5.18. The van der Waals surface area contributed by atoms with E-state index in [0.717, 1.165) is 25.6 Å². The van der Waals surface area contributed by atoms with Gasteiger partial charge in [-0.25, -0.2) is 0 Å². The van der Waals surface area contributed by atoms with Crippen molar-refractivity contribution in [1.82, 2.24) is 0 Å². The Kier molecular flexibility index (Phi) is 6.16. The number of rotatable bonds is 5. The molecule has 0 fully saturated rings. The molecule has 1 aromatic carbocycles. The monoisotopic (exact) mass is 402 g/mol. The second kappa shape index (κ2) is 6.86. The van der Waals surface area contributed by atoms with Gasteiger partial charge >= 0.3 is 0 Å². The highest BCUT2D eigenvalue weighted by Gasteiger charge is 2.08. The van der Waals surface area contributed by atoms with Crippen LogP contribution in [-0.4, -0.2) is 13.3 Å². The number of ether oxygens (including phenoxy) is 1. The molecule has 0 aliphatic carbocycles. The summed E-state index contributed by atoms with van der Waals surface area (Å²) in [6.07, 6.45) is 0.416. The van der Waals surface area contributed by atoms with E-state index >= 15 is 0 Å². The number of alkyl halides is 2. The van der Waals surface area contributed by atoms with Crippen molar-refractivity contribution in [3.05, 3.63) is 26.6 Å². The first-order chi connectivity index (χ1) is 7.19. The molecule has 0 aromatic heterocycles. The van der Waals surface area contributed by atoms with E-state index in [1.807, 2.05) is 12.1 Å². The van der Waals surface area contributed by atoms with E-state index in [2.05, 4.69) is 47.8 Å². The Bertz CT molecular complexity index is 307. The largest absolute Gasteiger partial charge is 0.491 e. The average molecular weight is 405 g/mol. The predicted octanol–water partition coefficient (Wildman–Crippen LogP) is 4.84. The van der Waals surface area contributed by atoms with Crippen LogP contribution in [0.2, 0.25) is 0 Å². The highest BCUT2D eigenvalue weighted by Crippen LogP contribution is 2.35. The first-order valence-corrected chi connectivity index (χ1v) is 7.12. The summed E-state index contributed by atoms with van der Waals surface area (Å²) in [6, 6.07) is 3.95. The summed E-state index contributed by atoms with van der Waals surface area (Å²) in [5.74, 6) is 0.730. The average Bonchev–Trinajstić information content (AvgIpc) is 2.22. The molecule has 0 spiro atoms. The minimum Gasteiger partial charge on any atom is -0.491 e. The highest BCUT2D eigenvalue weighted by molar-refractivity contribution is 9.11. The number of halogens is 4. The summed E-state index contributed by atoms with van der Waals surface area (Å²) < 4.78 is 19.1. The lowest BCUT2D eigenvalue weighted by molar-refractivity contribution is 0.286. The van der Waals surface area contributed by atoms with E-state index in [4.69, 9.17) is 4.74 Å². The van der Waals surface area contributed by atoms with E-state index < -0.39 is 0 Å². The smallest absolute Gasteiger partial charge is 0.147 e. The van der Waals surface area contributed by atoms with Gasteiger partial charge in [-0.05, 0) is 49.6 Å². The molecule has 15 heavy (non-hydrogen) atoms. The zero-order chi connectivity index (χ0) is 11.3. The van der Waals surface area contributed by atoms with Crippen molar-refractivity contribution >= 4 is 47.8 Å². The summed E-state index contributed by atoms with van der Waals surface area (Å²) >= 11 is 10.2. The summed E-state index contributed by atoms with van der Waals surface area (Å²) in [6.45, 7) is 0.0378. The van der Waals surface area contributed by atoms with Gasteiger partial charge in [-0.1, -0.05) is 15.9 Å². The molecule has 0 unspecified atom stereocenters. The van der Waals surface area contributed by atoms with Gasteiger partial charge in [0.1, 0.15) is 5.75 Å².